The molecule has 2 nitrogen and oxygen atoms in total. The van der Waals surface area contributed by atoms with Gasteiger partial charge in [0, 0.05) is 32.7 Å². The monoisotopic (exact) mass is 338 g/mol. The zero-order valence-electron chi connectivity index (χ0n) is 12.1. The molecule has 1 aliphatic rings. The van der Waals surface area contributed by atoms with E-state index in [0.717, 1.165) is 38.3 Å². The van der Waals surface area contributed by atoms with Crippen molar-refractivity contribution in [2.24, 2.45) is 0 Å². The maximum absolute atomic E-state index is 13.8. The lowest BCUT2D eigenvalue weighted by Gasteiger charge is -2.36. The fourth-order valence-electron chi connectivity index (χ4n) is 2.75. The van der Waals surface area contributed by atoms with Gasteiger partial charge in [0.1, 0.15) is 5.82 Å². The van der Waals surface area contributed by atoms with Crippen LogP contribution in [-0.4, -0.2) is 31.1 Å². The number of nitrogens with zero attached hydrogens (tertiary/aromatic N) is 2. The number of hydrogen-bond donors (Lipinski definition) is 0. The zero-order valence-corrected chi connectivity index (χ0v) is 13.6. The van der Waals surface area contributed by atoms with E-state index in [4.69, 9.17) is 23.2 Å². The van der Waals surface area contributed by atoms with E-state index >= 15 is 0 Å². The molecule has 0 aliphatic carbocycles. The Morgan fingerprint density at radius 1 is 0.909 bits per heavy atom. The summed E-state index contributed by atoms with van der Waals surface area (Å²) in [5, 5.41) is 1.17. The van der Waals surface area contributed by atoms with Gasteiger partial charge in [0.2, 0.25) is 0 Å². The molecule has 3 rings (SSSR count). The number of rotatable bonds is 3. The topological polar surface area (TPSA) is 6.48 Å². The number of hydrogen-bond acceptors (Lipinski definition) is 2. The van der Waals surface area contributed by atoms with Gasteiger partial charge in [-0.3, -0.25) is 4.90 Å². The quantitative estimate of drug-likeness (QED) is 0.815. The van der Waals surface area contributed by atoms with Gasteiger partial charge in [0.05, 0.1) is 15.7 Å². The lowest BCUT2D eigenvalue weighted by molar-refractivity contribution is 0.249. The Labute approximate surface area is 140 Å². The Bertz CT molecular complexity index is 655. The molecule has 0 radical (unpaired) electrons. The Hall–Kier alpha value is -1.29. The van der Waals surface area contributed by atoms with Crippen molar-refractivity contribution in [1.29, 1.82) is 0 Å². The molecule has 0 saturated carbocycles. The second-order valence-electron chi connectivity index (χ2n) is 5.46. The van der Waals surface area contributed by atoms with E-state index in [2.05, 4.69) is 9.80 Å². The highest BCUT2D eigenvalue weighted by molar-refractivity contribution is 6.42. The molecule has 5 heteroatoms. The Balaban J connectivity index is 1.60. The van der Waals surface area contributed by atoms with Crippen LogP contribution in [0.4, 0.5) is 10.1 Å². The normalized spacial score (nSPS) is 16.0. The van der Waals surface area contributed by atoms with Crippen molar-refractivity contribution in [2.75, 3.05) is 31.1 Å². The molecule has 1 aliphatic heterocycles. The average molecular weight is 339 g/mol. The van der Waals surface area contributed by atoms with Crippen molar-refractivity contribution < 1.29 is 4.39 Å². The van der Waals surface area contributed by atoms with Crippen LogP contribution in [0, 0.1) is 5.82 Å². The second-order valence-corrected chi connectivity index (χ2v) is 6.28. The molecule has 0 amide bonds. The van der Waals surface area contributed by atoms with E-state index in [1.807, 2.05) is 30.3 Å². The van der Waals surface area contributed by atoms with Crippen LogP contribution in [0.25, 0.3) is 0 Å². The van der Waals surface area contributed by atoms with Crippen LogP contribution in [0.5, 0.6) is 0 Å². The summed E-state index contributed by atoms with van der Waals surface area (Å²) in [6.07, 6.45) is 0. The molecule has 2 aromatic rings. The van der Waals surface area contributed by atoms with Crippen molar-refractivity contribution in [1.82, 2.24) is 4.90 Å². The Morgan fingerprint density at radius 3 is 2.32 bits per heavy atom. The SMILES string of the molecule is Fc1ccccc1N1CCN(Cc2ccc(Cl)c(Cl)c2)CC1. The fourth-order valence-corrected chi connectivity index (χ4v) is 3.07. The minimum atomic E-state index is -0.152. The van der Waals surface area contributed by atoms with Gasteiger partial charge in [0.15, 0.2) is 0 Å². The van der Waals surface area contributed by atoms with E-state index in [9.17, 15) is 4.39 Å². The summed E-state index contributed by atoms with van der Waals surface area (Å²) in [7, 11) is 0. The molecule has 1 saturated heterocycles. The Kier molecular flexibility index (Phi) is 4.87. The first-order chi connectivity index (χ1) is 10.6. The van der Waals surface area contributed by atoms with Gasteiger partial charge in [0.25, 0.3) is 0 Å². The molecule has 0 spiro atoms. The summed E-state index contributed by atoms with van der Waals surface area (Å²) in [6.45, 7) is 4.27. The molecule has 0 bridgehead atoms. The number of halogens is 3. The summed E-state index contributed by atoms with van der Waals surface area (Å²) in [5.74, 6) is -0.152. The van der Waals surface area contributed by atoms with Gasteiger partial charge in [-0.1, -0.05) is 41.4 Å². The first-order valence-electron chi connectivity index (χ1n) is 7.29. The van der Waals surface area contributed by atoms with Crippen LogP contribution >= 0.6 is 23.2 Å². The molecular formula is C17H17Cl2FN2. The van der Waals surface area contributed by atoms with Crippen LogP contribution in [0.1, 0.15) is 5.56 Å². The van der Waals surface area contributed by atoms with Crippen molar-refractivity contribution in [3.05, 3.63) is 63.9 Å². The third kappa shape index (κ3) is 3.54. The van der Waals surface area contributed by atoms with Gasteiger partial charge in [-0.2, -0.15) is 0 Å². The lowest BCUT2D eigenvalue weighted by Crippen LogP contribution is -2.46. The number of benzene rings is 2. The summed E-state index contributed by atoms with van der Waals surface area (Å²) < 4.78 is 13.8. The summed E-state index contributed by atoms with van der Waals surface area (Å²) in [6, 6.07) is 12.7. The highest BCUT2D eigenvalue weighted by Crippen LogP contribution is 2.24. The molecule has 0 unspecified atom stereocenters. The standard InChI is InChI=1S/C17H17Cl2FN2/c18-14-6-5-13(11-15(14)19)12-21-7-9-22(10-8-21)17-4-2-1-3-16(17)20/h1-6,11H,7-10,12H2. The molecular weight excluding hydrogens is 322 g/mol. The molecule has 1 fully saturated rings. The maximum Gasteiger partial charge on any atom is 0.146 e. The summed E-state index contributed by atoms with van der Waals surface area (Å²) in [5.41, 5.74) is 1.84. The third-order valence-corrected chi connectivity index (χ3v) is 4.69. The van der Waals surface area contributed by atoms with Gasteiger partial charge < -0.3 is 4.90 Å². The summed E-state index contributed by atoms with van der Waals surface area (Å²) in [4.78, 5) is 4.44. The van der Waals surface area contributed by atoms with E-state index in [1.54, 1.807) is 6.07 Å². The summed E-state index contributed by atoms with van der Waals surface area (Å²) >= 11 is 12.0. The average Bonchev–Trinajstić information content (AvgIpc) is 2.52. The molecule has 22 heavy (non-hydrogen) atoms. The first-order valence-corrected chi connectivity index (χ1v) is 8.05. The van der Waals surface area contributed by atoms with Crippen LogP contribution < -0.4 is 4.90 Å². The third-order valence-electron chi connectivity index (χ3n) is 3.96. The highest BCUT2D eigenvalue weighted by Gasteiger charge is 2.19. The van der Waals surface area contributed by atoms with Gasteiger partial charge >= 0.3 is 0 Å². The van der Waals surface area contributed by atoms with Crippen molar-refractivity contribution in [3.8, 4) is 0 Å². The van der Waals surface area contributed by atoms with Crippen LogP contribution in [0.3, 0.4) is 0 Å². The highest BCUT2D eigenvalue weighted by atomic mass is 35.5. The Morgan fingerprint density at radius 2 is 1.64 bits per heavy atom. The number of piperazine rings is 1. The largest absolute Gasteiger partial charge is 0.367 e. The van der Waals surface area contributed by atoms with E-state index < -0.39 is 0 Å². The van der Waals surface area contributed by atoms with Crippen LogP contribution in [0.2, 0.25) is 10.0 Å². The lowest BCUT2D eigenvalue weighted by atomic mass is 10.2. The second kappa shape index (κ2) is 6.86. The zero-order chi connectivity index (χ0) is 15.5. The fraction of sp³-hybridized carbons (Fsp3) is 0.294. The predicted octanol–water partition coefficient (Wildman–Crippen LogP) is 4.45. The molecule has 1 heterocycles. The molecule has 0 aromatic heterocycles. The minimum Gasteiger partial charge on any atom is -0.367 e. The van der Waals surface area contributed by atoms with Gasteiger partial charge in [-0.15, -0.1) is 0 Å². The van der Waals surface area contributed by atoms with E-state index in [1.165, 1.54) is 6.07 Å². The van der Waals surface area contributed by atoms with Crippen molar-refractivity contribution in [2.45, 2.75) is 6.54 Å². The van der Waals surface area contributed by atoms with Gasteiger partial charge in [-0.05, 0) is 29.8 Å². The van der Waals surface area contributed by atoms with E-state index in [0.29, 0.717) is 15.7 Å². The molecule has 0 N–H and O–H groups in total. The predicted molar refractivity (Wildman–Crippen MR) is 90.4 cm³/mol. The smallest absolute Gasteiger partial charge is 0.146 e. The van der Waals surface area contributed by atoms with E-state index in [-0.39, 0.29) is 5.82 Å². The minimum absolute atomic E-state index is 0.152. The van der Waals surface area contributed by atoms with Crippen molar-refractivity contribution in [3.63, 3.8) is 0 Å². The maximum atomic E-state index is 13.8. The number of anilines is 1. The van der Waals surface area contributed by atoms with Crippen LogP contribution in [-0.2, 0) is 6.54 Å². The van der Waals surface area contributed by atoms with Crippen molar-refractivity contribution >= 4 is 28.9 Å². The number of para-hydroxylation sites is 1. The molecule has 116 valence electrons. The first kappa shape index (κ1) is 15.6. The molecule has 0 atom stereocenters. The molecule has 2 aromatic carbocycles. The van der Waals surface area contributed by atoms with Gasteiger partial charge in [-0.25, -0.2) is 4.39 Å². The van der Waals surface area contributed by atoms with Crippen LogP contribution in [0.15, 0.2) is 42.5 Å².